The summed E-state index contributed by atoms with van der Waals surface area (Å²) in [5.41, 5.74) is 1.61. The number of carbonyl (C=O) groups is 4. The number of carboxylic acids is 1. The number of amides is 1. The molecule has 1 heterocycles. The number of H-pyrrole nitrogens is 1. The maximum atomic E-state index is 14.2. The van der Waals surface area contributed by atoms with E-state index in [-0.39, 0.29) is 63.1 Å². The summed E-state index contributed by atoms with van der Waals surface area (Å²) in [7, 11) is 0. The Bertz CT molecular complexity index is 2150. The lowest BCUT2D eigenvalue weighted by molar-refractivity contribution is -0.238. The molecule has 0 saturated heterocycles. The molecule has 2 aromatic rings. The molecule has 1 aromatic heterocycles. The third-order valence-corrected chi connectivity index (χ3v) is 19.1. The molecule has 0 bridgehead atoms. The predicted octanol–water partition coefficient (Wildman–Crippen LogP) is 8.66. The summed E-state index contributed by atoms with van der Waals surface area (Å²) in [5, 5.41) is 28.7. The highest BCUT2D eigenvalue weighted by molar-refractivity contribution is 6.01. The molecule has 1 amide bonds. The number of ether oxygens (including phenoxy) is 1. The van der Waals surface area contributed by atoms with Crippen molar-refractivity contribution in [1.82, 2.24) is 20.6 Å². The van der Waals surface area contributed by atoms with E-state index in [0.29, 0.717) is 37.8 Å². The molecule has 62 heavy (non-hydrogen) atoms. The lowest BCUT2D eigenvalue weighted by Crippen LogP contribution is -2.66. The molecule has 5 N–H and O–H groups in total. The van der Waals surface area contributed by atoms with Gasteiger partial charge in [-0.3, -0.25) is 19.2 Å². The standard InChI is InChI=1S/C51H74N4O7/c1-28(2)39-34(56)25-51(37(57)26-52-27-45(3,4)55-42(58)41-53-32-14-12-13-15-33(32)54-41)23-22-49(10)29(40(39)51)16-17-36-48(9)20-19-38(47(7,8)35(48)18-21-50(36,49)11)62-44(61)31-24-30(43(59)60)46(31,5)6/h12-15,28-31,35-38,52,57H,16-27H2,1-11H3,(H,53,54)(H,55,58)(H,59,60)/t29-,30+,31-,35+,36-,37+,38+,48+,49-,50-,51+/m1/s1. The number of fused-ring (bicyclic) bond motifs is 8. The second kappa shape index (κ2) is 15.0. The number of hydrogen-bond acceptors (Lipinski definition) is 8. The van der Waals surface area contributed by atoms with E-state index in [1.165, 1.54) is 5.57 Å². The van der Waals surface area contributed by atoms with Gasteiger partial charge in [-0.2, -0.15) is 0 Å². The number of imidazole rings is 1. The van der Waals surface area contributed by atoms with Gasteiger partial charge in [0, 0.05) is 35.9 Å². The first-order valence-corrected chi connectivity index (χ1v) is 23.7. The largest absolute Gasteiger partial charge is 0.481 e. The van der Waals surface area contributed by atoms with E-state index in [2.05, 4.69) is 69.1 Å². The predicted molar refractivity (Wildman–Crippen MR) is 239 cm³/mol. The van der Waals surface area contributed by atoms with Gasteiger partial charge in [0.1, 0.15) is 6.10 Å². The van der Waals surface area contributed by atoms with E-state index in [0.717, 1.165) is 68.0 Å². The van der Waals surface area contributed by atoms with Crippen LogP contribution in [0.3, 0.4) is 0 Å². The second-order valence-electron chi connectivity index (χ2n) is 23.7. The fourth-order valence-electron chi connectivity index (χ4n) is 15.4. The van der Waals surface area contributed by atoms with Crippen LogP contribution in [0.25, 0.3) is 11.0 Å². The van der Waals surface area contributed by atoms with Crippen LogP contribution in [0.1, 0.15) is 151 Å². The van der Waals surface area contributed by atoms with Crippen molar-refractivity contribution in [1.29, 1.82) is 0 Å². The van der Waals surface area contributed by atoms with Crippen LogP contribution >= 0.6 is 0 Å². The Balaban J connectivity index is 0.984. The first-order chi connectivity index (χ1) is 28.8. The summed E-state index contributed by atoms with van der Waals surface area (Å²) in [5.74, 6) is -0.744. The van der Waals surface area contributed by atoms with E-state index in [1.54, 1.807) is 0 Å². The summed E-state index contributed by atoms with van der Waals surface area (Å²) in [6.45, 7) is 24.9. The van der Waals surface area contributed by atoms with E-state index in [4.69, 9.17) is 4.74 Å². The minimum absolute atomic E-state index is 0.0146. The SMILES string of the molecule is CC(C)C1=C2[C@H]3CC[C@@H]4[C@@]5(C)CC[C@H](OC(=O)[C@H]6C[C@@H](C(=O)O)C6(C)C)C(C)(C)[C@@H]5CC[C@@]4(C)[C@]3(C)CC[C@@]2([C@@H](O)CNCC(C)(C)NC(=O)c2nc3ccccc3[nH]2)CC1=O. The molecule has 340 valence electrons. The van der Waals surface area contributed by atoms with Gasteiger partial charge in [0.15, 0.2) is 11.6 Å². The fourth-order valence-corrected chi connectivity index (χ4v) is 15.4. The summed E-state index contributed by atoms with van der Waals surface area (Å²) in [6, 6.07) is 7.56. The molecule has 6 aliphatic rings. The van der Waals surface area contributed by atoms with Crippen LogP contribution in [-0.4, -0.2) is 74.6 Å². The number of aliphatic hydroxyl groups excluding tert-OH is 1. The Hall–Kier alpha value is -3.57. The van der Waals surface area contributed by atoms with Crippen molar-refractivity contribution in [2.24, 2.45) is 68.0 Å². The molecule has 0 spiro atoms. The van der Waals surface area contributed by atoms with Crippen LogP contribution < -0.4 is 10.6 Å². The number of hydrogen-bond donors (Lipinski definition) is 5. The normalized spacial score (nSPS) is 37.7. The molecule has 5 fully saturated rings. The zero-order chi connectivity index (χ0) is 45.2. The number of nitrogens with one attached hydrogen (secondary N) is 3. The van der Waals surface area contributed by atoms with Gasteiger partial charge in [0.2, 0.25) is 0 Å². The Morgan fingerprint density at radius 1 is 0.903 bits per heavy atom. The number of aromatic nitrogens is 2. The van der Waals surface area contributed by atoms with Crippen LogP contribution in [-0.2, 0) is 19.1 Å². The molecule has 5 saturated carbocycles. The zero-order valence-corrected chi connectivity index (χ0v) is 39.3. The van der Waals surface area contributed by atoms with Gasteiger partial charge < -0.3 is 30.6 Å². The highest BCUT2D eigenvalue weighted by atomic mass is 16.5. The van der Waals surface area contributed by atoms with E-state index in [1.807, 2.05) is 52.0 Å². The van der Waals surface area contributed by atoms with Crippen molar-refractivity contribution in [3.63, 3.8) is 0 Å². The lowest BCUT2D eigenvalue weighted by Gasteiger charge is -2.72. The van der Waals surface area contributed by atoms with Crippen molar-refractivity contribution >= 4 is 34.7 Å². The number of benzene rings is 1. The van der Waals surface area contributed by atoms with Crippen LogP contribution in [0.2, 0.25) is 0 Å². The average molecular weight is 855 g/mol. The quantitative estimate of drug-likeness (QED) is 0.139. The molecule has 0 aliphatic heterocycles. The highest BCUT2D eigenvalue weighted by Gasteiger charge is 2.71. The van der Waals surface area contributed by atoms with Gasteiger partial charge in [-0.1, -0.05) is 80.0 Å². The number of aliphatic hydroxyl groups is 1. The van der Waals surface area contributed by atoms with Gasteiger partial charge in [-0.25, -0.2) is 4.98 Å². The number of aromatic amines is 1. The summed E-state index contributed by atoms with van der Waals surface area (Å²) < 4.78 is 6.43. The number of esters is 1. The average Bonchev–Trinajstić information content (AvgIpc) is 3.75. The minimum Gasteiger partial charge on any atom is -0.481 e. The number of ketones is 1. The van der Waals surface area contributed by atoms with Crippen LogP contribution in [0.15, 0.2) is 35.4 Å². The van der Waals surface area contributed by atoms with Gasteiger partial charge in [0.25, 0.3) is 5.91 Å². The zero-order valence-electron chi connectivity index (χ0n) is 39.3. The Kier molecular flexibility index (Phi) is 10.9. The number of nitrogens with zero attached hydrogens (tertiary/aromatic N) is 1. The van der Waals surface area contributed by atoms with Crippen LogP contribution in [0, 0.1) is 68.0 Å². The number of rotatable bonds is 11. The Morgan fingerprint density at radius 3 is 2.27 bits per heavy atom. The third kappa shape index (κ3) is 6.65. The third-order valence-electron chi connectivity index (χ3n) is 19.1. The molecule has 8 rings (SSSR count). The highest BCUT2D eigenvalue weighted by Crippen LogP contribution is 2.77. The van der Waals surface area contributed by atoms with E-state index in [9.17, 15) is 29.4 Å². The van der Waals surface area contributed by atoms with Gasteiger partial charge in [-0.05, 0) is 135 Å². The van der Waals surface area contributed by atoms with Crippen molar-refractivity contribution < 1.29 is 34.1 Å². The second-order valence-corrected chi connectivity index (χ2v) is 23.7. The first-order valence-electron chi connectivity index (χ1n) is 23.7. The van der Waals surface area contributed by atoms with E-state index >= 15 is 0 Å². The number of allylic oxidation sites excluding steroid dienone is 1. The molecule has 0 unspecified atom stereocenters. The first kappa shape index (κ1) is 45.0. The maximum Gasteiger partial charge on any atom is 0.309 e. The number of carbonyl (C=O) groups excluding carboxylic acids is 3. The van der Waals surface area contributed by atoms with Crippen LogP contribution in [0.5, 0.6) is 0 Å². The Morgan fingerprint density at radius 2 is 1.61 bits per heavy atom. The number of Topliss-reactive ketones (excluding diaryl/α,β-unsaturated/α-hetero) is 1. The van der Waals surface area contributed by atoms with Gasteiger partial charge in [0.05, 0.1) is 29.0 Å². The molecule has 0 radical (unpaired) electrons. The molecular formula is C51H74N4O7. The number of carboxylic acid groups (broad SMARTS) is 1. The molecular weight excluding hydrogens is 781 g/mol. The number of para-hydroxylation sites is 2. The maximum absolute atomic E-state index is 14.2. The van der Waals surface area contributed by atoms with Crippen molar-refractivity contribution in [2.75, 3.05) is 13.1 Å². The van der Waals surface area contributed by atoms with Crippen LogP contribution in [0.4, 0.5) is 0 Å². The smallest absolute Gasteiger partial charge is 0.309 e. The van der Waals surface area contributed by atoms with Crippen molar-refractivity contribution in [2.45, 2.75) is 158 Å². The number of aliphatic carboxylic acids is 1. The summed E-state index contributed by atoms with van der Waals surface area (Å²) in [4.78, 5) is 60.6. The van der Waals surface area contributed by atoms with Gasteiger partial charge in [-0.15, -0.1) is 0 Å². The fraction of sp³-hybridized carbons (Fsp3) is 0.745. The van der Waals surface area contributed by atoms with Crippen molar-refractivity contribution in [3.8, 4) is 0 Å². The summed E-state index contributed by atoms with van der Waals surface area (Å²) >= 11 is 0. The van der Waals surface area contributed by atoms with E-state index < -0.39 is 40.3 Å². The monoisotopic (exact) mass is 855 g/mol. The van der Waals surface area contributed by atoms with Gasteiger partial charge >= 0.3 is 11.9 Å². The summed E-state index contributed by atoms with van der Waals surface area (Å²) in [6.07, 6.45) is 7.35. The Labute approximate surface area is 368 Å². The lowest BCUT2D eigenvalue weighted by atomic mass is 9.33. The molecule has 6 aliphatic carbocycles. The molecule has 11 nitrogen and oxygen atoms in total. The topological polar surface area (TPSA) is 171 Å². The molecule has 1 aromatic carbocycles. The van der Waals surface area contributed by atoms with Crippen molar-refractivity contribution in [3.05, 3.63) is 41.2 Å². The molecule has 11 atom stereocenters. The molecule has 11 heteroatoms. The minimum atomic E-state index is -0.839.